The first-order valence-corrected chi connectivity index (χ1v) is 7.92. The second-order valence-electron chi connectivity index (χ2n) is 5.01. The molecule has 24 heavy (non-hydrogen) atoms. The molecule has 8 nitrogen and oxygen atoms in total. The van der Waals surface area contributed by atoms with E-state index in [1.807, 2.05) is 18.2 Å². The van der Waals surface area contributed by atoms with Crippen molar-refractivity contribution in [2.75, 3.05) is 17.4 Å². The summed E-state index contributed by atoms with van der Waals surface area (Å²) in [5, 5.41) is 11.7. The maximum atomic E-state index is 12.1. The summed E-state index contributed by atoms with van der Waals surface area (Å²) in [6.07, 6.45) is 0. The summed E-state index contributed by atoms with van der Waals surface area (Å²) in [6.45, 7) is 1.97. The molecule has 2 N–H and O–H groups in total. The summed E-state index contributed by atoms with van der Waals surface area (Å²) in [4.78, 5) is 16.4. The number of carbonyl (C=O) groups is 1. The Bertz CT molecular complexity index is 905. The van der Waals surface area contributed by atoms with Gasteiger partial charge in [0, 0.05) is 23.2 Å². The molecule has 9 heteroatoms. The number of nitrogens with zero attached hydrogens (tertiary/aromatic N) is 2. The molecule has 0 aliphatic carbocycles. The van der Waals surface area contributed by atoms with Crippen molar-refractivity contribution in [3.8, 4) is 11.5 Å². The highest BCUT2D eigenvalue weighted by atomic mass is 32.1. The van der Waals surface area contributed by atoms with Crippen molar-refractivity contribution >= 4 is 33.9 Å². The number of rotatable bonds is 4. The molecule has 2 aromatic heterocycles. The van der Waals surface area contributed by atoms with Crippen LogP contribution >= 0.6 is 11.3 Å². The van der Waals surface area contributed by atoms with E-state index in [1.54, 1.807) is 18.4 Å². The van der Waals surface area contributed by atoms with Gasteiger partial charge >= 0.3 is 0 Å². The predicted molar refractivity (Wildman–Crippen MR) is 87.2 cm³/mol. The molecule has 0 radical (unpaired) electrons. The Morgan fingerprint density at radius 2 is 2.12 bits per heavy atom. The topological polar surface area (TPSA) is 98.5 Å². The van der Waals surface area contributed by atoms with Gasteiger partial charge in [-0.05, 0) is 19.1 Å². The summed E-state index contributed by atoms with van der Waals surface area (Å²) in [6, 6.07) is 7.13. The second kappa shape index (κ2) is 5.85. The molecule has 4 rings (SSSR count). The number of aromatic nitrogens is 2. The number of fused-ring (bicyclic) bond motifs is 1. The summed E-state index contributed by atoms with van der Waals surface area (Å²) < 4.78 is 15.5. The fourth-order valence-corrected chi connectivity index (χ4v) is 2.85. The molecule has 1 aromatic carbocycles. The van der Waals surface area contributed by atoms with Crippen molar-refractivity contribution in [3.63, 3.8) is 0 Å². The van der Waals surface area contributed by atoms with Crippen LogP contribution in [0.1, 0.15) is 16.2 Å². The zero-order chi connectivity index (χ0) is 16.5. The molecule has 3 heterocycles. The van der Waals surface area contributed by atoms with Gasteiger partial charge in [-0.3, -0.25) is 4.79 Å². The summed E-state index contributed by atoms with van der Waals surface area (Å²) in [5.74, 6) is 2.02. The zero-order valence-electron chi connectivity index (χ0n) is 12.5. The van der Waals surface area contributed by atoms with E-state index >= 15 is 0 Å². The Balaban J connectivity index is 1.45. The van der Waals surface area contributed by atoms with Crippen LogP contribution in [0, 0.1) is 6.92 Å². The maximum Gasteiger partial charge on any atom is 0.276 e. The van der Waals surface area contributed by atoms with Crippen molar-refractivity contribution in [2.45, 2.75) is 6.92 Å². The normalized spacial score (nSPS) is 12.2. The average Bonchev–Trinajstić information content (AvgIpc) is 3.28. The molecule has 0 spiro atoms. The lowest BCUT2D eigenvalue weighted by Gasteiger charge is -2.03. The quantitative estimate of drug-likeness (QED) is 0.750. The fraction of sp³-hybridized carbons (Fsp3) is 0.133. The minimum Gasteiger partial charge on any atom is -0.454 e. The van der Waals surface area contributed by atoms with E-state index in [2.05, 4.69) is 20.8 Å². The van der Waals surface area contributed by atoms with Crippen LogP contribution in [0.15, 0.2) is 34.2 Å². The minimum absolute atomic E-state index is 0.224. The van der Waals surface area contributed by atoms with Gasteiger partial charge in [-0.15, -0.1) is 11.3 Å². The van der Waals surface area contributed by atoms with Gasteiger partial charge in [0.25, 0.3) is 5.91 Å². The van der Waals surface area contributed by atoms with E-state index in [1.165, 1.54) is 11.3 Å². The van der Waals surface area contributed by atoms with Crippen molar-refractivity contribution in [1.29, 1.82) is 0 Å². The molecule has 0 saturated carbocycles. The van der Waals surface area contributed by atoms with Gasteiger partial charge in [0.15, 0.2) is 22.4 Å². The van der Waals surface area contributed by atoms with Crippen molar-refractivity contribution in [3.05, 3.63) is 41.1 Å². The lowest BCUT2D eigenvalue weighted by molar-refractivity contribution is 0.102. The Hall–Kier alpha value is -3.07. The van der Waals surface area contributed by atoms with Crippen LogP contribution in [0.3, 0.4) is 0 Å². The monoisotopic (exact) mass is 344 g/mol. The van der Waals surface area contributed by atoms with Crippen LogP contribution in [0.25, 0.3) is 0 Å². The number of nitrogens with one attached hydrogen (secondary N) is 2. The van der Waals surface area contributed by atoms with Gasteiger partial charge in [-0.25, -0.2) is 4.98 Å². The van der Waals surface area contributed by atoms with E-state index in [0.29, 0.717) is 33.9 Å². The van der Waals surface area contributed by atoms with Gasteiger partial charge in [0.2, 0.25) is 6.79 Å². The number of thiazole rings is 1. The third-order valence-electron chi connectivity index (χ3n) is 3.23. The molecule has 0 unspecified atom stereocenters. The Labute approximate surface area is 140 Å². The number of ether oxygens (including phenoxy) is 2. The molecule has 3 aromatic rings. The lowest BCUT2D eigenvalue weighted by Crippen LogP contribution is -2.12. The Morgan fingerprint density at radius 1 is 1.25 bits per heavy atom. The molecule has 0 saturated heterocycles. The molecule has 1 amide bonds. The fourth-order valence-electron chi connectivity index (χ4n) is 2.14. The van der Waals surface area contributed by atoms with Crippen LogP contribution in [-0.2, 0) is 0 Å². The standard InChI is InChI=1S/C15H12N4O4S/c1-8-4-13(19-23-8)18-14(20)10-6-24-15(17-10)16-9-2-3-11-12(5-9)22-7-21-11/h2-6H,7H2,1H3,(H,16,17)(H,18,19,20). The third-order valence-corrected chi connectivity index (χ3v) is 3.99. The summed E-state index contributed by atoms with van der Waals surface area (Å²) in [5.41, 5.74) is 1.09. The largest absolute Gasteiger partial charge is 0.454 e. The molecule has 0 atom stereocenters. The average molecular weight is 344 g/mol. The first-order valence-electron chi connectivity index (χ1n) is 7.04. The molecular formula is C15H12N4O4S. The highest BCUT2D eigenvalue weighted by molar-refractivity contribution is 7.14. The highest BCUT2D eigenvalue weighted by Crippen LogP contribution is 2.35. The Kier molecular flexibility index (Phi) is 3.54. The van der Waals surface area contributed by atoms with Gasteiger partial charge in [-0.1, -0.05) is 5.16 Å². The molecule has 0 bridgehead atoms. The van der Waals surface area contributed by atoms with Gasteiger partial charge in [0.1, 0.15) is 11.5 Å². The first-order chi connectivity index (χ1) is 11.7. The van der Waals surface area contributed by atoms with Gasteiger partial charge < -0.3 is 24.6 Å². The highest BCUT2D eigenvalue weighted by Gasteiger charge is 2.15. The van der Waals surface area contributed by atoms with Crippen LogP contribution in [0.2, 0.25) is 0 Å². The van der Waals surface area contributed by atoms with E-state index in [4.69, 9.17) is 14.0 Å². The second-order valence-corrected chi connectivity index (χ2v) is 5.87. The van der Waals surface area contributed by atoms with E-state index in [-0.39, 0.29) is 12.7 Å². The number of carbonyl (C=O) groups excluding carboxylic acids is 1. The van der Waals surface area contributed by atoms with E-state index in [9.17, 15) is 4.79 Å². The summed E-state index contributed by atoms with van der Waals surface area (Å²) >= 11 is 1.32. The van der Waals surface area contributed by atoms with Crippen LogP contribution < -0.4 is 20.1 Å². The SMILES string of the molecule is Cc1cc(NC(=O)c2csc(Nc3ccc4c(c3)OCO4)n2)no1. The zero-order valence-corrected chi connectivity index (χ0v) is 13.3. The van der Waals surface area contributed by atoms with Crippen LogP contribution in [0.5, 0.6) is 11.5 Å². The number of anilines is 3. The number of benzene rings is 1. The lowest BCUT2D eigenvalue weighted by atomic mass is 10.3. The van der Waals surface area contributed by atoms with Gasteiger partial charge in [-0.2, -0.15) is 0 Å². The number of hydrogen-bond acceptors (Lipinski definition) is 8. The molecule has 1 aliphatic heterocycles. The third kappa shape index (κ3) is 2.88. The van der Waals surface area contributed by atoms with E-state index in [0.717, 1.165) is 5.69 Å². The van der Waals surface area contributed by atoms with Crippen LogP contribution in [0.4, 0.5) is 16.6 Å². The van der Waals surface area contributed by atoms with Crippen molar-refractivity contribution in [2.24, 2.45) is 0 Å². The van der Waals surface area contributed by atoms with Crippen molar-refractivity contribution in [1.82, 2.24) is 10.1 Å². The van der Waals surface area contributed by atoms with Crippen LogP contribution in [-0.4, -0.2) is 22.8 Å². The van der Waals surface area contributed by atoms with Crippen molar-refractivity contribution < 1.29 is 18.8 Å². The number of hydrogen-bond donors (Lipinski definition) is 2. The van der Waals surface area contributed by atoms with Gasteiger partial charge in [0.05, 0.1) is 0 Å². The smallest absolute Gasteiger partial charge is 0.276 e. The minimum atomic E-state index is -0.349. The molecular weight excluding hydrogens is 332 g/mol. The molecule has 1 aliphatic rings. The number of amides is 1. The summed E-state index contributed by atoms with van der Waals surface area (Å²) in [7, 11) is 0. The van der Waals surface area contributed by atoms with E-state index < -0.39 is 0 Å². The molecule has 122 valence electrons. The maximum absolute atomic E-state index is 12.1. The number of aryl methyl sites for hydroxylation is 1. The first kappa shape index (κ1) is 14.5. The Morgan fingerprint density at radius 3 is 2.96 bits per heavy atom. The predicted octanol–water partition coefficient (Wildman–Crippen LogP) is 3.16. The molecule has 0 fully saturated rings.